The van der Waals surface area contributed by atoms with E-state index in [0.29, 0.717) is 0 Å². The molecule has 0 saturated carbocycles. The van der Waals surface area contributed by atoms with Gasteiger partial charge in [0.25, 0.3) is 0 Å². The number of hydrogen-bond donors (Lipinski definition) is 1. The van der Waals surface area contributed by atoms with Crippen molar-refractivity contribution in [3.8, 4) is 5.75 Å². The molecular weight excluding hydrogens is 220 g/mol. The molecule has 0 aliphatic rings. The Morgan fingerprint density at radius 2 is 2.25 bits per heavy atom. The third kappa shape index (κ3) is 4.41. The van der Waals surface area contributed by atoms with Crippen molar-refractivity contribution in [1.82, 2.24) is 4.98 Å². The Bertz CT molecular complexity index is 307. The minimum atomic E-state index is 0.0441. The van der Waals surface area contributed by atoms with Gasteiger partial charge in [-0.05, 0) is 23.8 Å². The number of ether oxygens (including phenoxy) is 1. The van der Waals surface area contributed by atoms with Gasteiger partial charge in [-0.15, -0.1) is 0 Å². The van der Waals surface area contributed by atoms with E-state index in [9.17, 15) is 0 Å². The van der Waals surface area contributed by atoms with Crippen LogP contribution < -0.4 is 10.5 Å². The first-order valence-electron chi connectivity index (χ1n) is 5.69. The van der Waals surface area contributed by atoms with Gasteiger partial charge in [-0.1, -0.05) is 13.8 Å². The summed E-state index contributed by atoms with van der Waals surface area (Å²) in [7, 11) is 0. The summed E-state index contributed by atoms with van der Waals surface area (Å²) in [5.74, 6) is 2.83. The van der Waals surface area contributed by atoms with Crippen molar-refractivity contribution in [3.05, 3.63) is 24.0 Å². The molecule has 2 N–H and O–H groups in total. The van der Waals surface area contributed by atoms with Gasteiger partial charge >= 0.3 is 0 Å². The summed E-state index contributed by atoms with van der Waals surface area (Å²) in [6, 6.07) is 2.03. The van der Waals surface area contributed by atoms with Crippen LogP contribution in [-0.2, 0) is 0 Å². The van der Waals surface area contributed by atoms with E-state index in [2.05, 4.69) is 18.8 Å². The molecule has 3 nitrogen and oxygen atoms in total. The van der Waals surface area contributed by atoms with Crippen molar-refractivity contribution < 1.29 is 4.74 Å². The van der Waals surface area contributed by atoms with Crippen LogP contribution in [0.25, 0.3) is 0 Å². The second kappa shape index (κ2) is 7.52. The van der Waals surface area contributed by atoms with Gasteiger partial charge in [-0.2, -0.15) is 11.8 Å². The Labute approximate surface area is 102 Å². The molecule has 1 aromatic rings. The zero-order valence-corrected chi connectivity index (χ0v) is 10.8. The molecule has 1 atom stereocenters. The van der Waals surface area contributed by atoms with E-state index in [-0.39, 0.29) is 6.04 Å². The maximum Gasteiger partial charge on any atom is 0.137 e. The number of pyridine rings is 1. The summed E-state index contributed by atoms with van der Waals surface area (Å²) in [5, 5.41) is 0. The van der Waals surface area contributed by atoms with Gasteiger partial charge in [-0.3, -0.25) is 4.98 Å². The molecular formula is C12H20N2OS. The highest BCUT2D eigenvalue weighted by molar-refractivity contribution is 7.99. The minimum absolute atomic E-state index is 0.0441. The van der Waals surface area contributed by atoms with Crippen molar-refractivity contribution >= 4 is 11.8 Å². The van der Waals surface area contributed by atoms with Crippen molar-refractivity contribution in [3.63, 3.8) is 0 Å². The predicted octanol–water partition coefficient (Wildman–Crippen LogP) is 2.62. The molecule has 0 aliphatic carbocycles. The van der Waals surface area contributed by atoms with Gasteiger partial charge in [0, 0.05) is 18.0 Å². The van der Waals surface area contributed by atoms with Crippen molar-refractivity contribution in [2.24, 2.45) is 5.73 Å². The summed E-state index contributed by atoms with van der Waals surface area (Å²) in [6.07, 6.45) is 4.56. The number of hydrogen-bond acceptors (Lipinski definition) is 4. The van der Waals surface area contributed by atoms with Crippen LogP contribution in [-0.4, -0.2) is 23.1 Å². The minimum Gasteiger partial charge on any atom is -0.492 e. The highest BCUT2D eigenvalue weighted by Gasteiger charge is 2.07. The van der Waals surface area contributed by atoms with Crippen LogP contribution in [0.2, 0.25) is 0 Å². The third-order valence-electron chi connectivity index (χ3n) is 2.14. The maximum atomic E-state index is 6.06. The molecule has 0 radical (unpaired) electrons. The average Bonchev–Trinajstić information content (AvgIpc) is 2.33. The normalized spacial score (nSPS) is 12.4. The topological polar surface area (TPSA) is 48.1 Å². The highest BCUT2D eigenvalue weighted by atomic mass is 32.2. The van der Waals surface area contributed by atoms with Crippen LogP contribution in [0, 0.1) is 0 Å². The Hall–Kier alpha value is -0.740. The summed E-state index contributed by atoms with van der Waals surface area (Å²) < 4.78 is 5.53. The van der Waals surface area contributed by atoms with Crippen LogP contribution in [0.1, 0.15) is 31.9 Å². The molecule has 1 heterocycles. The van der Waals surface area contributed by atoms with Gasteiger partial charge < -0.3 is 10.5 Å². The zero-order chi connectivity index (χ0) is 11.8. The van der Waals surface area contributed by atoms with E-state index in [0.717, 1.165) is 35.8 Å². The monoisotopic (exact) mass is 240 g/mol. The van der Waals surface area contributed by atoms with Gasteiger partial charge in [0.1, 0.15) is 5.75 Å². The second-order valence-electron chi connectivity index (χ2n) is 3.57. The number of thioether (sulfide) groups is 1. The molecule has 1 rings (SSSR count). The Morgan fingerprint density at radius 1 is 1.44 bits per heavy atom. The molecule has 0 spiro atoms. The highest BCUT2D eigenvalue weighted by Crippen LogP contribution is 2.19. The second-order valence-corrected chi connectivity index (χ2v) is 4.89. The predicted molar refractivity (Wildman–Crippen MR) is 70.0 cm³/mol. The molecule has 1 unspecified atom stereocenters. The fraction of sp³-hybridized carbons (Fsp3) is 0.583. The fourth-order valence-electron chi connectivity index (χ4n) is 1.28. The van der Waals surface area contributed by atoms with Crippen LogP contribution in [0.5, 0.6) is 5.75 Å². The van der Waals surface area contributed by atoms with Gasteiger partial charge in [0.2, 0.25) is 0 Å². The standard InChI is InChI=1S/C12H20N2OS/c1-3-5-15-11-6-10(7-14-8-11)12(13)9-16-4-2/h6-8,12H,3-5,9,13H2,1-2H3. The van der Waals surface area contributed by atoms with Gasteiger partial charge in [0.05, 0.1) is 12.8 Å². The van der Waals surface area contributed by atoms with Crippen LogP contribution >= 0.6 is 11.8 Å². The molecule has 0 saturated heterocycles. The van der Waals surface area contributed by atoms with E-state index in [1.165, 1.54) is 0 Å². The zero-order valence-electron chi connectivity index (χ0n) is 9.98. The van der Waals surface area contributed by atoms with Crippen molar-refractivity contribution in [1.29, 1.82) is 0 Å². The Kier molecular flexibility index (Phi) is 6.26. The number of nitrogens with zero attached hydrogens (tertiary/aromatic N) is 1. The Balaban J connectivity index is 2.58. The number of nitrogens with two attached hydrogens (primary N) is 1. The largest absolute Gasteiger partial charge is 0.492 e. The van der Waals surface area contributed by atoms with E-state index in [1.54, 1.807) is 6.20 Å². The molecule has 90 valence electrons. The molecule has 0 bridgehead atoms. The first-order valence-corrected chi connectivity index (χ1v) is 6.84. The summed E-state index contributed by atoms with van der Waals surface area (Å²) in [6.45, 7) is 4.95. The maximum absolute atomic E-state index is 6.06. The first-order chi connectivity index (χ1) is 7.77. The van der Waals surface area contributed by atoms with Crippen molar-refractivity contribution in [2.45, 2.75) is 26.3 Å². The van der Waals surface area contributed by atoms with E-state index < -0.39 is 0 Å². The lowest BCUT2D eigenvalue weighted by atomic mass is 10.1. The third-order valence-corrected chi connectivity index (χ3v) is 3.14. The smallest absolute Gasteiger partial charge is 0.137 e. The fourth-order valence-corrected chi connectivity index (χ4v) is 1.96. The molecule has 16 heavy (non-hydrogen) atoms. The molecule has 0 fully saturated rings. The summed E-state index contributed by atoms with van der Waals surface area (Å²) in [5.41, 5.74) is 7.11. The lowest BCUT2D eigenvalue weighted by Crippen LogP contribution is -2.13. The summed E-state index contributed by atoms with van der Waals surface area (Å²) >= 11 is 1.84. The van der Waals surface area contributed by atoms with Gasteiger partial charge in [0.15, 0.2) is 0 Å². The molecule has 1 aromatic heterocycles. The van der Waals surface area contributed by atoms with Gasteiger partial charge in [-0.25, -0.2) is 0 Å². The molecule has 0 aliphatic heterocycles. The van der Waals surface area contributed by atoms with Crippen LogP contribution in [0.4, 0.5) is 0 Å². The first kappa shape index (κ1) is 13.3. The lowest BCUT2D eigenvalue weighted by molar-refractivity contribution is 0.315. The molecule has 0 aromatic carbocycles. The van der Waals surface area contributed by atoms with Crippen LogP contribution in [0.3, 0.4) is 0 Å². The van der Waals surface area contributed by atoms with Crippen molar-refractivity contribution in [2.75, 3.05) is 18.1 Å². The number of aromatic nitrogens is 1. The average molecular weight is 240 g/mol. The quantitative estimate of drug-likeness (QED) is 0.796. The summed E-state index contributed by atoms with van der Waals surface area (Å²) in [4.78, 5) is 4.15. The Morgan fingerprint density at radius 3 is 2.94 bits per heavy atom. The van der Waals surface area contributed by atoms with Crippen LogP contribution in [0.15, 0.2) is 18.5 Å². The van der Waals surface area contributed by atoms with E-state index in [1.807, 2.05) is 24.0 Å². The number of rotatable bonds is 7. The molecule has 4 heteroatoms. The van der Waals surface area contributed by atoms with E-state index >= 15 is 0 Å². The SMILES string of the molecule is CCCOc1cncc(C(N)CSCC)c1. The molecule has 0 amide bonds. The lowest BCUT2D eigenvalue weighted by Gasteiger charge is -2.12. The van der Waals surface area contributed by atoms with E-state index in [4.69, 9.17) is 10.5 Å².